The molecule has 2 aliphatic rings. The van der Waals surface area contributed by atoms with Gasteiger partial charge in [0.25, 0.3) is 11.9 Å². The molecule has 1 aliphatic heterocycles. The number of anilines is 3. The van der Waals surface area contributed by atoms with Gasteiger partial charge >= 0.3 is 5.57 Å². The van der Waals surface area contributed by atoms with E-state index >= 15 is 0 Å². The molecular formula is C30H22ClF4N9O2. The zero-order valence-corrected chi connectivity index (χ0v) is 24.3. The van der Waals surface area contributed by atoms with Crippen molar-refractivity contribution in [3.63, 3.8) is 0 Å². The first-order valence-electron chi connectivity index (χ1n) is 13.9. The predicted molar refractivity (Wildman–Crippen MR) is 160 cm³/mol. The predicted octanol–water partition coefficient (Wildman–Crippen LogP) is 5.38. The Kier molecular flexibility index (Phi) is 7.19. The van der Waals surface area contributed by atoms with Crippen molar-refractivity contribution >= 4 is 34.8 Å². The van der Waals surface area contributed by atoms with Gasteiger partial charge in [-0.15, -0.1) is 8.78 Å². The third kappa shape index (κ3) is 5.76. The van der Waals surface area contributed by atoms with E-state index in [1.165, 1.54) is 28.9 Å². The first-order chi connectivity index (χ1) is 22.0. The number of nitrogens with zero attached hydrogens (tertiary/aromatic N) is 7. The normalized spacial score (nSPS) is 15.5. The summed E-state index contributed by atoms with van der Waals surface area (Å²) in [5.74, 6) is -0.880. The highest BCUT2D eigenvalue weighted by Gasteiger charge is 2.30. The standard InChI is InChI=1S/C30H22ClF4N9O2/c31-30(34,35)46-20-3-1-19(2-4-20)40-28(45)23-9-21(27(41-26(23)36)43-6-5-17(32)14-43)15-7-22-24(37-10-15)8-16-13-44(42-25(16)22)29-38-11-18(33)12-39-29/h1-4,7,9-13,17H,5-6,8,14H2,(H2,36,41)(H,40,45)/t17-/m1/s1. The monoisotopic (exact) mass is 651 g/mol. The maximum Gasteiger partial charge on any atom is 0.487 e. The van der Waals surface area contributed by atoms with Crippen LogP contribution in [0.1, 0.15) is 28.0 Å². The molecule has 3 N–H and O–H groups in total. The van der Waals surface area contributed by atoms with Gasteiger partial charge in [0.05, 0.1) is 35.9 Å². The minimum Gasteiger partial charge on any atom is -0.420 e. The van der Waals surface area contributed by atoms with Crippen LogP contribution in [0.15, 0.2) is 61.2 Å². The van der Waals surface area contributed by atoms with E-state index in [1.54, 1.807) is 23.4 Å². The van der Waals surface area contributed by atoms with Crippen LogP contribution in [-0.4, -0.2) is 60.5 Å². The molecule has 1 fully saturated rings. The SMILES string of the molecule is Nc1nc(N2CC[C@@H](F)C2)c(-c2cnc3c(c2)-c2nn(-c4ncc(F)cn4)cc2C3)cc1C(=O)Nc1ccc(OC(F)(F)Cl)cc1. The fourth-order valence-electron chi connectivity index (χ4n) is 5.46. The number of halogens is 5. The van der Waals surface area contributed by atoms with Crippen molar-refractivity contribution in [2.24, 2.45) is 0 Å². The summed E-state index contributed by atoms with van der Waals surface area (Å²) in [6.45, 7) is 0.498. The Bertz CT molecular complexity index is 1970. The molecule has 5 aromatic rings. The molecule has 16 heteroatoms. The van der Waals surface area contributed by atoms with Crippen LogP contribution in [0.25, 0.3) is 28.3 Å². The summed E-state index contributed by atoms with van der Waals surface area (Å²) in [5, 5.41) is 7.29. The van der Waals surface area contributed by atoms with Crippen LogP contribution < -0.4 is 20.7 Å². The summed E-state index contributed by atoms with van der Waals surface area (Å²) in [5.41, 5.74) is 6.78. The van der Waals surface area contributed by atoms with E-state index in [2.05, 4.69) is 35.1 Å². The highest BCUT2D eigenvalue weighted by atomic mass is 35.5. The maximum atomic E-state index is 14.3. The number of amides is 1. The Morgan fingerprint density at radius 2 is 1.85 bits per heavy atom. The lowest BCUT2D eigenvalue weighted by Gasteiger charge is -2.22. The summed E-state index contributed by atoms with van der Waals surface area (Å²) in [7, 11) is 0. The van der Waals surface area contributed by atoms with Gasteiger partial charge in [-0.3, -0.25) is 9.78 Å². The number of pyridine rings is 2. The first-order valence-corrected chi connectivity index (χ1v) is 14.3. The number of nitrogens with one attached hydrogen (secondary N) is 1. The van der Waals surface area contributed by atoms with Crippen molar-refractivity contribution < 1.29 is 27.1 Å². The molecule has 0 radical (unpaired) electrons. The lowest BCUT2D eigenvalue weighted by molar-refractivity contribution is -0.0964. The van der Waals surface area contributed by atoms with Gasteiger partial charge in [-0.05, 0) is 42.8 Å². The van der Waals surface area contributed by atoms with Crippen LogP contribution in [0.2, 0.25) is 0 Å². The highest BCUT2D eigenvalue weighted by molar-refractivity contribution is 6.20. The number of benzene rings is 1. The van der Waals surface area contributed by atoms with Gasteiger partial charge in [0.15, 0.2) is 5.82 Å². The second-order valence-corrected chi connectivity index (χ2v) is 11.1. The number of carbonyl (C=O) groups is 1. The van der Waals surface area contributed by atoms with Gasteiger partial charge < -0.3 is 20.7 Å². The number of fused-ring (bicyclic) bond motifs is 3. The minimum atomic E-state index is -3.88. The summed E-state index contributed by atoms with van der Waals surface area (Å²) < 4.78 is 59.3. The average Bonchev–Trinajstić information content (AvgIpc) is 3.72. The summed E-state index contributed by atoms with van der Waals surface area (Å²) >= 11 is 4.81. The second kappa shape index (κ2) is 11.2. The average molecular weight is 652 g/mol. The van der Waals surface area contributed by atoms with Gasteiger partial charge in [0.2, 0.25) is 0 Å². The second-order valence-electron chi connectivity index (χ2n) is 10.7. The maximum absolute atomic E-state index is 14.3. The summed E-state index contributed by atoms with van der Waals surface area (Å²) in [6, 6.07) is 8.59. The Morgan fingerprint density at radius 3 is 2.54 bits per heavy atom. The van der Waals surface area contributed by atoms with Crippen molar-refractivity contribution in [3.8, 4) is 34.1 Å². The lowest BCUT2D eigenvalue weighted by atomic mass is 10.0. The van der Waals surface area contributed by atoms with E-state index in [1.807, 2.05) is 6.07 Å². The van der Waals surface area contributed by atoms with E-state index in [0.29, 0.717) is 42.0 Å². The minimum absolute atomic E-state index is 0.0290. The third-order valence-corrected chi connectivity index (χ3v) is 7.63. The molecule has 1 amide bonds. The van der Waals surface area contributed by atoms with Crippen molar-refractivity contribution in [1.29, 1.82) is 0 Å². The van der Waals surface area contributed by atoms with Gasteiger partial charge in [-0.25, -0.2) is 28.4 Å². The number of aromatic nitrogens is 6. The number of rotatable bonds is 7. The smallest absolute Gasteiger partial charge is 0.420 e. The van der Waals surface area contributed by atoms with E-state index in [4.69, 9.17) is 17.3 Å². The number of ether oxygens (including phenoxy) is 1. The molecule has 5 heterocycles. The first kappa shape index (κ1) is 29.4. The van der Waals surface area contributed by atoms with Crippen LogP contribution >= 0.6 is 11.6 Å². The molecule has 1 aromatic carbocycles. The molecule has 7 rings (SSSR count). The summed E-state index contributed by atoms with van der Waals surface area (Å²) in [6.07, 6.45) is 5.27. The van der Waals surface area contributed by atoms with E-state index in [-0.39, 0.29) is 35.3 Å². The number of nitrogens with two attached hydrogens (primary N) is 1. The highest BCUT2D eigenvalue weighted by Crippen LogP contribution is 2.40. The van der Waals surface area contributed by atoms with Crippen LogP contribution in [0.5, 0.6) is 5.75 Å². The molecule has 1 atom stereocenters. The quantitative estimate of drug-likeness (QED) is 0.172. The van der Waals surface area contributed by atoms with Gasteiger partial charge in [0, 0.05) is 64.9 Å². The van der Waals surface area contributed by atoms with Gasteiger partial charge in [-0.1, -0.05) is 0 Å². The van der Waals surface area contributed by atoms with E-state index in [0.717, 1.165) is 29.2 Å². The Balaban J connectivity index is 1.24. The number of hydrogen-bond donors (Lipinski definition) is 2. The molecule has 11 nitrogen and oxygen atoms in total. The summed E-state index contributed by atoms with van der Waals surface area (Å²) in [4.78, 5) is 32.3. The molecule has 234 valence electrons. The molecule has 46 heavy (non-hydrogen) atoms. The largest absolute Gasteiger partial charge is 0.487 e. The molecule has 0 saturated carbocycles. The van der Waals surface area contributed by atoms with E-state index < -0.39 is 23.5 Å². The molecule has 0 bridgehead atoms. The Hall–Kier alpha value is -5.31. The van der Waals surface area contributed by atoms with Crippen molar-refractivity contribution in [3.05, 3.63) is 83.8 Å². The number of nitrogen functional groups attached to an aromatic ring is 1. The number of alkyl halides is 4. The topological polar surface area (TPSA) is 137 Å². The van der Waals surface area contributed by atoms with Crippen molar-refractivity contribution in [2.45, 2.75) is 24.6 Å². The molecule has 0 unspecified atom stereocenters. The zero-order chi connectivity index (χ0) is 32.2. The Labute approximate surface area is 263 Å². The van der Waals surface area contributed by atoms with E-state index in [9.17, 15) is 22.4 Å². The van der Waals surface area contributed by atoms with Crippen LogP contribution in [-0.2, 0) is 6.42 Å². The van der Waals surface area contributed by atoms with Crippen molar-refractivity contribution in [2.75, 3.05) is 29.0 Å². The fourth-order valence-corrected chi connectivity index (χ4v) is 5.55. The molecule has 4 aromatic heterocycles. The van der Waals surface area contributed by atoms with Crippen LogP contribution in [0.3, 0.4) is 0 Å². The number of hydrogen-bond acceptors (Lipinski definition) is 9. The van der Waals surface area contributed by atoms with Gasteiger partial charge in [0.1, 0.15) is 23.6 Å². The fraction of sp³-hybridized carbons (Fsp3) is 0.200. The zero-order valence-electron chi connectivity index (χ0n) is 23.6. The van der Waals surface area contributed by atoms with Gasteiger partial charge in [-0.2, -0.15) is 5.10 Å². The lowest BCUT2D eigenvalue weighted by Crippen LogP contribution is -2.24. The van der Waals surface area contributed by atoms with Crippen LogP contribution in [0.4, 0.5) is 34.9 Å². The Morgan fingerprint density at radius 1 is 1.09 bits per heavy atom. The molecular weight excluding hydrogens is 630 g/mol. The number of carbonyl (C=O) groups excluding carboxylic acids is 1. The van der Waals surface area contributed by atoms with Crippen LogP contribution in [0, 0.1) is 5.82 Å². The van der Waals surface area contributed by atoms with Crippen molar-refractivity contribution in [1.82, 2.24) is 29.7 Å². The third-order valence-electron chi connectivity index (χ3n) is 7.55. The molecule has 1 aliphatic carbocycles. The molecule has 1 saturated heterocycles. The molecule has 0 spiro atoms.